The van der Waals surface area contributed by atoms with Gasteiger partial charge >= 0.3 is 0 Å². The van der Waals surface area contributed by atoms with E-state index in [1.54, 1.807) is 42.5 Å². The van der Waals surface area contributed by atoms with Crippen LogP contribution < -0.4 is 27.4 Å². The largest absolute Gasteiger partial charge is 0.769 e. The van der Waals surface area contributed by atoms with Gasteiger partial charge in [0.15, 0.2) is 5.78 Å². The standard InChI is InChI=1S/C24H19N7O7/c25-29-20(24(34)27-17-9-7-15(30(35)36)11-21(17)31(37)38)12-19-23(33)28-18-10-14(6-8-16(18)26-19)22(32)13-4-2-1-3-5-13/h1-11,27,29,34H,12,25H2,(H,28,33)/q-2. The normalized spacial score (nSPS) is 11.6. The summed E-state index contributed by atoms with van der Waals surface area (Å²) in [6.07, 6.45) is -0.313. The van der Waals surface area contributed by atoms with E-state index in [1.165, 1.54) is 6.07 Å². The number of ketones is 1. The lowest BCUT2D eigenvalue weighted by atomic mass is 10.0. The SMILES string of the molecule is NNC(Cc1nc2ccc(C(=O)c3ccccc3)cc2[nH]c1=O)=C(O)Nc1ccc(N([O-])[O-])cc1[N+](=O)[O-]. The van der Waals surface area contributed by atoms with Gasteiger partial charge in [-0.15, -0.1) is 0 Å². The lowest BCUT2D eigenvalue weighted by Crippen LogP contribution is -2.28. The van der Waals surface area contributed by atoms with Crippen LogP contribution in [0.25, 0.3) is 11.0 Å². The van der Waals surface area contributed by atoms with Crippen molar-refractivity contribution in [1.82, 2.24) is 15.4 Å². The Labute approximate surface area is 213 Å². The molecular formula is C24H19N7O7-2. The third-order valence-corrected chi connectivity index (χ3v) is 5.51. The molecule has 0 unspecified atom stereocenters. The third-order valence-electron chi connectivity index (χ3n) is 5.51. The van der Waals surface area contributed by atoms with Crippen molar-refractivity contribution in [2.75, 3.05) is 10.5 Å². The Balaban J connectivity index is 1.62. The van der Waals surface area contributed by atoms with Crippen LogP contribution in [0.5, 0.6) is 0 Å². The van der Waals surface area contributed by atoms with Crippen molar-refractivity contribution in [3.63, 3.8) is 0 Å². The van der Waals surface area contributed by atoms with E-state index in [0.717, 1.165) is 18.2 Å². The van der Waals surface area contributed by atoms with Crippen molar-refractivity contribution in [3.05, 3.63) is 126 Å². The first kappa shape index (κ1) is 25.8. The number of nitro benzene ring substituents is 1. The monoisotopic (exact) mass is 517 g/mol. The number of nitro groups is 1. The minimum atomic E-state index is -0.857. The highest BCUT2D eigenvalue weighted by atomic mass is 16.8. The lowest BCUT2D eigenvalue weighted by Gasteiger charge is -2.37. The van der Waals surface area contributed by atoms with Crippen LogP contribution in [0.4, 0.5) is 17.1 Å². The van der Waals surface area contributed by atoms with Gasteiger partial charge in [-0.2, -0.15) is 0 Å². The molecule has 0 fully saturated rings. The number of hydrazine groups is 1. The lowest BCUT2D eigenvalue weighted by molar-refractivity contribution is -0.383. The molecule has 0 saturated heterocycles. The van der Waals surface area contributed by atoms with Crippen LogP contribution >= 0.6 is 0 Å². The molecule has 0 atom stereocenters. The minimum Gasteiger partial charge on any atom is -0.769 e. The van der Waals surface area contributed by atoms with Gasteiger partial charge in [0.05, 0.1) is 21.7 Å². The second-order valence-corrected chi connectivity index (χ2v) is 7.93. The number of aromatic nitrogens is 2. The Morgan fingerprint density at radius 2 is 1.82 bits per heavy atom. The van der Waals surface area contributed by atoms with Crippen LogP contribution in [-0.2, 0) is 6.42 Å². The van der Waals surface area contributed by atoms with Crippen LogP contribution in [0.2, 0.25) is 0 Å². The molecule has 6 N–H and O–H groups in total. The number of nitrogens with two attached hydrogens (primary N) is 1. The van der Waals surface area contributed by atoms with Crippen LogP contribution in [-0.4, -0.2) is 25.8 Å². The van der Waals surface area contributed by atoms with Crippen LogP contribution in [0.3, 0.4) is 0 Å². The maximum Gasteiger partial charge on any atom is 0.294 e. The number of allylic oxidation sites excluding steroid dienone is 1. The van der Waals surface area contributed by atoms with Crippen LogP contribution in [0.15, 0.2) is 83.1 Å². The van der Waals surface area contributed by atoms with E-state index in [0.29, 0.717) is 22.2 Å². The first-order valence-electron chi connectivity index (χ1n) is 10.9. The topological polar surface area (TPSA) is 226 Å². The molecule has 0 bridgehead atoms. The van der Waals surface area contributed by atoms with Crippen molar-refractivity contribution >= 4 is 33.9 Å². The summed E-state index contributed by atoms with van der Waals surface area (Å²) in [5.41, 5.74) is 1.48. The first-order chi connectivity index (χ1) is 18.2. The van der Waals surface area contributed by atoms with Gasteiger partial charge in [0, 0.05) is 29.3 Å². The van der Waals surface area contributed by atoms with Crippen molar-refractivity contribution in [3.8, 4) is 0 Å². The average molecular weight is 517 g/mol. The van der Waals surface area contributed by atoms with Gasteiger partial charge in [-0.1, -0.05) is 30.3 Å². The number of anilines is 2. The van der Waals surface area contributed by atoms with Crippen molar-refractivity contribution in [1.29, 1.82) is 0 Å². The molecule has 4 rings (SSSR count). The maximum atomic E-state index is 12.7. The fourth-order valence-corrected chi connectivity index (χ4v) is 3.61. The van der Waals surface area contributed by atoms with E-state index >= 15 is 0 Å². The van der Waals surface area contributed by atoms with E-state index in [1.807, 2.05) is 0 Å². The van der Waals surface area contributed by atoms with E-state index in [-0.39, 0.29) is 29.3 Å². The Kier molecular flexibility index (Phi) is 7.29. The molecule has 0 spiro atoms. The number of hydrogen-bond acceptors (Lipinski definition) is 12. The number of rotatable bonds is 9. The van der Waals surface area contributed by atoms with E-state index in [9.17, 15) is 35.2 Å². The summed E-state index contributed by atoms with van der Waals surface area (Å²) in [5.74, 6) is 4.60. The number of aliphatic hydroxyl groups excluding tert-OH is 1. The van der Waals surface area contributed by atoms with Gasteiger partial charge in [0.25, 0.3) is 11.2 Å². The molecule has 14 nitrogen and oxygen atoms in total. The number of carbonyl (C=O) groups excluding carboxylic acids is 1. The zero-order valence-electron chi connectivity index (χ0n) is 19.4. The number of benzene rings is 3. The molecular weight excluding hydrogens is 498 g/mol. The maximum absolute atomic E-state index is 12.7. The zero-order valence-corrected chi connectivity index (χ0v) is 19.4. The molecule has 3 aromatic carbocycles. The second kappa shape index (κ2) is 10.8. The highest BCUT2D eigenvalue weighted by Crippen LogP contribution is 2.30. The summed E-state index contributed by atoms with van der Waals surface area (Å²) < 4.78 is 0. The van der Waals surface area contributed by atoms with Crippen molar-refractivity contribution in [2.24, 2.45) is 5.84 Å². The predicted molar refractivity (Wildman–Crippen MR) is 139 cm³/mol. The van der Waals surface area contributed by atoms with Gasteiger partial charge in [-0.25, -0.2) is 4.98 Å². The first-order valence-corrected chi connectivity index (χ1v) is 10.9. The molecule has 0 aliphatic carbocycles. The molecule has 0 radical (unpaired) electrons. The summed E-state index contributed by atoms with van der Waals surface area (Å²) in [4.78, 5) is 42.9. The zero-order chi connectivity index (χ0) is 27.4. The molecule has 14 heteroatoms. The van der Waals surface area contributed by atoms with Gasteiger partial charge in [-0.05, 0) is 30.3 Å². The van der Waals surface area contributed by atoms with Gasteiger partial charge in [0.1, 0.15) is 11.4 Å². The Hall–Kier alpha value is -5.31. The smallest absolute Gasteiger partial charge is 0.294 e. The van der Waals surface area contributed by atoms with Gasteiger partial charge < -0.3 is 36.5 Å². The average Bonchev–Trinajstić information content (AvgIpc) is 2.91. The van der Waals surface area contributed by atoms with E-state index in [2.05, 4.69) is 20.7 Å². The number of H-pyrrole nitrogens is 1. The number of aliphatic hydroxyl groups is 1. The summed E-state index contributed by atoms with van der Waals surface area (Å²) in [6, 6.07) is 16.1. The molecule has 1 heterocycles. The summed E-state index contributed by atoms with van der Waals surface area (Å²) >= 11 is 0. The molecule has 0 aliphatic heterocycles. The molecule has 38 heavy (non-hydrogen) atoms. The van der Waals surface area contributed by atoms with Crippen molar-refractivity contribution in [2.45, 2.75) is 6.42 Å². The molecule has 0 saturated carbocycles. The number of aromatic amines is 1. The molecule has 0 aliphatic rings. The fourth-order valence-electron chi connectivity index (χ4n) is 3.61. The van der Waals surface area contributed by atoms with Crippen molar-refractivity contribution < 1.29 is 14.8 Å². The summed E-state index contributed by atoms with van der Waals surface area (Å²) in [5, 5.41) is 45.3. The fraction of sp³-hybridized carbons (Fsp3) is 0.0417. The van der Waals surface area contributed by atoms with E-state index < -0.39 is 33.0 Å². The number of nitrogens with zero attached hydrogens (tertiary/aromatic N) is 3. The number of fused-ring (bicyclic) bond motifs is 1. The Morgan fingerprint density at radius 3 is 2.47 bits per heavy atom. The van der Waals surface area contributed by atoms with Gasteiger partial charge in [-0.3, -0.25) is 25.5 Å². The third kappa shape index (κ3) is 5.41. The highest BCUT2D eigenvalue weighted by molar-refractivity contribution is 6.10. The van der Waals surface area contributed by atoms with Crippen LogP contribution in [0.1, 0.15) is 21.6 Å². The molecule has 194 valence electrons. The Bertz CT molecular complexity index is 1620. The highest BCUT2D eigenvalue weighted by Gasteiger charge is 2.18. The summed E-state index contributed by atoms with van der Waals surface area (Å²) in [7, 11) is 0. The number of nitrogens with one attached hydrogen (secondary N) is 3. The molecule has 0 amide bonds. The minimum absolute atomic E-state index is 0.0564. The molecule has 1 aromatic heterocycles. The molecule has 4 aromatic rings. The second-order valence-electron chi connectivity index (χ2n) is 7.93. The van der Waals surface area contributed by atoms with Crippen LogP contribution in [0, 0.1) is 20.5 Å². The number of carbonyl (C=O) groups is 1. The quantitative estimate of drug-likeness (QED) is 0.0710. The Morgan fingerprint density at radius 1 is 1.08 bits per heavy atom. The predicted octanol–water partition coefficient (Wildman–Crippen LogP) is 2.71. The van der Waals surface area contributed by atoms with E-state index in [4.69, 9.17) is 5.84 Å². The summed E-state index contributed by atoms with van der Waals surface area (Å²) in [6.45, 7) is 0. The van der Waals surface area contributed by atoms with Gasteiger partial charge in [0.2, 0.25) is 5.88 Å². The number of hydrogen-bond donors (Lipinski definition) is 5.